The monoisotopic (exact) mass is 353 g/mol. The molecule has 0 spiro atoms. The predicted octanol–water partition coefficient (Wildman–Crippen LogP) is 5.34. The molecule has 0 saturated heterocycles. The molecular formula is C21H20ClNO2. The minimum atomic E-state index is -0.304. The summed E-state index contributed by atoms with van der Waals surface area (Å²) in [6, 6.07) is 14.0. The third-order valence-corrected chi connectivity index (χ3v) is 5.51. The standard InChI is InChI=1S/C21H20ClNO2/c1-25-21(24)14-8-6-13(7-9-14)20-17-5-3-2-4-16(17)18-12-15(22)10-11-19(18)23-20/h2,4,6-12,16-17,20,23H,3,5H2,1H3/t16-,17+,20-/m1/s1. The molecule has 1 N–H and O–H groups in total. The number of rotatable bonds is 2. The summed E-state index contributed by atoms with van der Waals surface area (Å²) in [7, 11) is 1.40. The predicted molar refractivity (Wildman–Crippen MR) is 100 cm³/mol. The van der Waals surface area contributed by atoms with E-state index >= 15 is 0 Å². The van der Waals surface area contributed by atoms with Crippen molar-refractivity contribution >= 4 is 23.3 Å². The topological polar surface area (TPSA) is 38.3 Å². The van der Waals surface area contributed by atoms with Gasteiger partial charge in [0.15, 0.2) is 0 Å². The number of esters is 1. The van der Waals surface area contributed by atoms with Crippen molar-refractivity contribution in [2.45, 2.75) is 24.8 Å². The maximum atomic E-state index is 11.7. The average molecular weight is 354 g/mol. The molecule has 25 heavy (non-hydrogen) atoms. The van der Waals surface area contributed by atoms with Gasteiger partial charge in [0.05, 0.1) is 18.7 Å². The van der Waals surface area contributed by atoms with Crippen molar-refractivity contribution in [3.63, 3.8) is 0 Å². The fraction of sp³-hybridized carbons (Fsp3) is 0.286. The first-order valence-corrected chi connectivity index (χ1v) is 8.96. The number of carbonyl (C=O) groups is 1. The summed E-state index contributed by atoms with van der Waals surface area (Å²) in [4.78, 5) is 11.7. The maximum absolute atomic E-state index is 11.7. The Bertz CT molecular complexity index is 828. The van der Waals surface area contributed by atoms with Crippen molar-refractivity contribution in [3.8, 4) is 0 Å². The molecule has 128 valence electrons. The van der Waals surface area contributed by atoms with Gasteiger partial charge in [0, 0.05) is 16.6 Å². The van der Waals surface area contributed by atoms with Crippen LogP contribution in [-0.4, -0.2) is 13.1 Å². The third kappa shape index (κ3) is 2.93. The lowest BCUT2D eigenvalue weighted by atomic mass is 9.71. The van der Waals surface area contributed by atoms with Crippen molar-refractivity contribution in [1.82, 2.24) is 0 Å². The zero-order chi connectivity index (χ0) is 17.4. The molecule has 3 nitrogen and oxygen atoms in total. The molecule has 0 amide bonds. The molecule has 3 atom stereocenters. The Labute approximate surface area is 152 Å². The van der Waals surface area contributed by atoms with Gasteiger partial charge in [-0.25, -0.2) is 4.79 Å². The van der Waals surface area contributed by atoms with Gasteiger partial charge in [0.1, 0.15) is 0 Å². The number of allylic oxidation sites excluding steroid dienone is 2. The number of fused-ring (bicyclic) bond motifs is 3. The lowest BCUT2D eigenvalue weighted by Crippen LogP contribution is -2.32. The molecule has 1 aliphatic carbocycles. The van der Waals surface area contributed by atoms with Crippen LogP contribution in [0.1, 0.15) is 46.3 Å². The molecule has 2 aromatic carbocycles. The fourth-order valence-corrected chi connectivity index (χ4v) is 4.23. The van der Waals surface area contributed by atoms with Crippen LogP contribution in [0.5, 0.6) is 0 Å². The van der Waals surface area contributed by atoms with E-state index < -0.39 is 0 Å². The molecule has 4 heteroatoms. The van der Waals surface area contributed by atoms with Gasteiger partial charge < -0.3 is 10.1 Å². The Morgan fingerprint density at radius 1 is 1.20 bits per heavy atom. The van der Waals surface area contributed by atoms with E-state index in [9.17, 15) is 4.79 Å². The summed E-state index contributed by atoms with van der Waals surface area (Å²) in [5.41, 5.74) is 4.18. The fourth-order valence-electron chi connectivity index (χ4n) is 4.05. The number of carbonyl (C=O) groups excluding carboxylic acids is 1. The summed E-state index contributed by atoms with van der Waals surface area (Å²) >= 11 is 6.23. The van der Waals surface area contributed by atoms with Crippen LogP contribution in [0.2, 0.25) is 5.02 Å². The minimum Gasteiger partial charge on any atom is -0.465 e. The van der Waals surface area contributed by atoms with Crippen molar-refractivity contribution in [3.05, 3.63) is 76.3 Å². The van der Waals surface area contributed by atoms with Gasteiger partial charge in [-0.1, -0.05) is 35.9 Å². The Morgan fingerprint density at radius 2 is 2.00 bits per heavy atom. The number of benzene rings is 2. The number of hydrogen-bond acceptors (Lipinski definition) is 3. The normalized spacial score (nSPS) is 24.0. The van der Waals surface area contributed by atoms with E-state index in [4.69, 9.17) is 16.3 Å². The molecule has 2 aromatic rings. The molecule has 0 unspecified atom stereocenters. The summed E-state index contributed by atoms with van der Waals surface area (Å²) < 4.78 is 4.79. The average Bonchev–Trinajstić information content (AvgIpc) is 2.67. The van der Waals surface area contributed by atoms with Gasteiger partial charge in [-0.2, -0.15) is 0 Å². The second-order valence-electron chi connectivity index (χ2n) is 6.66. The summed E-state index contributed by atoms with van der Waals surface area (Å²) in [6.45, 7) is 0. The van der Waals surface area contributed by atoms with Crippen molar-refractivity contribution in [1.29, 1.82) is 0 Å². The first-order chi connectivity index (χ1) is 12.2. The third-order valence-electron chi connectivity index (χ3n) is 5.27. The highest BCUT2D eigenvalue weighted by molar-refractivity contribution is 6.30. The van der Waals surface area contributed by atoms with E-state index in [1.54, 1.807) is 0 Å². The number of nitrogens with one attached hydrogen (secondary N) is 1. The van der Waals surface area contributed by atoms with Crippen LogP contribution in [0.4, 0.5) is 5.69 Å². The SMILES string of the molecule is COC(=O)c1ccc([C@H]2Nc3ccc(Cl)cc3[C@@H]3C=CCC[C@H]23)cc1. The van der Waals surface area contributed by atoms with E-state index in [0.29, 0.717) is 17.4 Å². The van der Waals surface area contributed by atoms with Gasteiger partial charge >= 0.3 is 5.97 Å². The van der Waals surface area contributed by atoms with E-state index in [1.165, 1.54) is 18.2 Å². The molecule has 2 aliphatic rings. The van der Waals surface area contributed by atoms with Crippen LogP contribution >= 0.6 is 11.6 Å². The van der Waals surface area contributed by atoms with Crippen molar-refractivity contribution in [2.75, 3.05) is 12.4 Å². The van der Waals surface area contributed by atoms with Gasteiger partial charge in [-0.3, -0.25) is 0 Å². The zero-order valence-corrected chi connectivity index (χ0v) is 14.8. The Kier molecular flexibility index (Phi) is 4.26. The zero-order valence-electron chi connectivity index (χ0n) is 14.0. The van der Waals surface area contributed by atoms with Gasteiger partial charge in [-0.15, -0.1) is 0 Å². The van der Waals surface area contributed by atoms with E-state index in [0.717, 1.165) is 23.6 Å². The molecular weight excluding hydrogens is 334 g/mol. The van der Waals surface area contributed by atoms with E-state index in [-0.39, 0.29) is 12.0 Å². The quantitative estimate of drug-likeness (QED) is 0.584. The number of hydrogen-bond donors (Lipinski definition) is 1. The second kappa shape index (κ2) is 6.57. The molecule has 0 saturated carbocycles. The van der Waals surface area contributed by atoms with Gasteiger partial charge in [-0.05, 0) is 60.2 Å². The highest BCUT2D eigenvalue weighted by Gasteiger charge is 2.37. The smallest absolute Gasteiger partial charge is 0.337 e. The van der Waals surface area contributed by atoms with Gasteiger partial charge in [0.2, 0.25) is 0 Å². The number of anilines is 1. The first-order valence-electron chi connectivity index (χ1n) is 8.58. The molecule has 0 radical (unpaired) electrons. The lowest BCUT2D eigenvalue weighted by Gasteiger charge is -2.41. The Morgan fingerprint density at radius 3 is 2.76 bits per heavy atom. The van der Waals surface area contributed by atoms with Crippen LogP contribution < -0.4 is 5.32 Å². The van der Waals surface area contributed by atoms with Gasteiger partial charge in [0.25, 0.3) is 0 Å². The summed E-state index contributed by atoms with van der Waals surface area (Å²) in [5, 5.41) is 4.47. The molecule has 1 heterocycles. The highest BCUT2D eigenvalue weighted by atomic mass is 35.5. The van der Waals surface area contributed by atoms with E-state index in [2.05, 4.69) is 29.6 Å². The summed E-state index contributed by atoms with van der Waals surface area (Å²) in [6.07, 6.45) is 6.81. The first kappa shape index (κ1) is 16.2. The number of methoxy groups -OCH3 is 1. The number of halogens is 1. The molecule has 0 aromatic heterocycles. The minimum absolute atomic E-state index is 0.218. The van der Waals surface area contributed by atoms with Crippen LogP contribution in [0.3, 0.4) is 0 Å². The maximum Gasteiger partial charge on any atom is 0.337 e. The largest absolute Gasteiger partial charge is 0.465 e. The second-order valence-corrected chi connectivity index (χ2v) is 7.10. The molecule has 4 rings (SSSR count). The van der Waals surface area contributed by atoms with Crippen LogP contribution in [-0.2, 0) is 4.74 Å². The van der Waals surface area contributed by atoms with E-state index in [1.807, 2.05) is 30.3 Å². The molecule has 0 bridgehead atoms. The lowest BCUT2D eigenvalue weighted by molar-refractivity contribution is 0.0600. The number of ether oxygens (including phenoxy) is 1. The van der Waals surface area contributed by atoms with Crippen LogP contribution in [0.15, 0.2) is 54.6 Å². The Balaban J connectivity index is 1.71. The Hall–Kier alpha value is -2.26. The van der Waals surface area contributed by atoms with Crippen LogP contribution in [0.25, 0.3) is 0 Å². The van der Waals surface area contributed by atoms with Crippen molar-refractivity contribution in [2.24, 2.45) is 5.92 Å². The van der Waals surface area contributed by atoms with Crippen molar-refractivity contribution < 1.29 is 9.53 Å². The van der Waals surface area contributed by atoms with Crippen LogP contribution in [0, 0.1) is 5.92 Å². The highest BCUT2D eigenvalue weighted by Crippen LogP contribution is 2.49. The summed E-state index contributed by atoms with van der Waals surface area (Å²) in [5.74, 6) is 0.538. The molecule has 0 fully saturated rings. The molecule has 1 aliphatic heterocycles.